The molecule has 0 aliphatic carbocycles. The van der Waals surface area contributed by atoms with Crippen molar-refractivity contribution in [2.24, 2.45) is 0 Å². The molecule has 0 radical (unpaired) electrons. The van der Waals surface area contributed by atoms with Gasteiger partial charge in [0.05, 0.1) is 13.2 Å². The summed E-state index contributed by atoms with van der Waals surface area (Å²) in [5.41, 5.74) is 0.350. The minimum Gasteiger partial charge on any atom is -0.493 e. The van der Waals surface area contributed by atoms with Crippen molar-refractivity contribution in [3.63, 3.8) is 0 Å². The van der Waals surface area contributed by atoms with Crippen molar-refractivity contribution in [3.8, 4) is 11.5 Å². The van der Waals surface area contributed by atoms with Gasteiger partial charge in [-0.05, 0) is 23.7 Å². The van der Waals surface area contributed by atoms with Gasteiger partial charge >= 0.3 is 0 Å². The molecule has 0 spiro atoms. The van der Waals surface area contributed by atoms with Crippen LogP contribution < -0.4 is 9.47 Å². The third-order valence-corrected chi connectivity index (χ3v) is 2.85. The number of carbonyl (C=O) groups excluding carboxylic acids is 1. The molecular formula is C15H21ClO5. The molecule has 0 fully saturated rings. The summed E-state index contributed by atoms with van der Waals surface area (Å²) in [4.78, 5) is 11.3. The Bertz CT molecular complexity index is 406. The largest absolute Gasteiger partial charge is 0.493 e. The van der Waals surface area contributed by atoms with Crippen molar-refractivity contribution in [1.82, 2.24) is 0 Å². The second-order valence-corrected chi connectivity index (χ2v) is 4.70. The van der Waals surface area contributed by atoms with E-state index in [1.165, 1.54) is 0 Å². The van der Waals surface area contributed by atoms with Crippen LogP contribution in [-0.2, 0) is 9.47 Å². The lowest BCUT2D eigenvalue weighted by Gasteiger charge is -2.11. The summed E-state index contributed by atoms with van der Waals surface area (Å²) in [6.45, 7) is 2.23. The van der Waals surface area contributed by atoms with Crippen LogP contribution in [0.4, 0.5) is 0 Å². The standard InChI is InChI=1S/C15H21ClO5/c1-18-5-3-7-20-13-9-12(15(16)17)10-14(11-13)21-8-4-6-19-2/h9-11H,3-8H2,1-2H3. The number of hydrogen-bond donors (Lipinski definition) is 0. The van der Waals surface area contributed by atoms with Gasteiger partial charge in [0.2, 0.25) is 0 Å². The number of benzene rings is 1. The fraction of sp³-hybridized carbons (Fsp3) is 0.533. The van der Waals surface area contributed by atoms with Crippen LogP contribution in [-0.4, -0.2) is 45.9 Å². The first kappa shape index (κ1) is 17.8. The van der Waals surface area contributed by atoms with Crippen LogP contribution in [0.5, 0.6) is 11.5 Å². The highest BCUT2D eigenvalue weighted by Crippen LogP contribution is 2.24. The Labute approximate surface area is 130 Å². The van der Waals surface area contributed by atoms with Gasteiger partial charge in [0.15, 0.2) is 0 Å². The van der Waals surface area contributed by atoms with E-state index >= 15 is 0 Å². The number of methoxy groups -OCH3 is 2. The molecule has 0 aliphatic rings. The van der Waals surface area contributed by atoms with Crippen molar-refractivity contribution < 1.29 is 23.7 Å². The van der Waals surface area contributed by atoms with Crippen LogP contribution in [0, 0.1) is 0 Å². The zero-order valence-corrected chi connectivity index (χ0v) is 13.1. The number of ether oxygens (including phenoxy) is 4. The Morgan fingerprint density at radius 2 is 1.38 bits per heavy atom. The molecule has 0 heterocycles. The second-order valence-electron chi connectivity index (χ2n) is 4.36. The van der Waals surface area contributed by atoms with Gasteiger partial charge in [0.1, 0.15) is 11.5 Å². The zero-order chi connectivity index (χ0) is 15.5. The molecule has 0 aromatic heterocycles. The van der Waals surface area contributed by atoms with E-state index in [4.69, 9.17) is 30.5 Å². The van der Waals surface area contributed by atoms with Gasteiger partial charge in [-0.25, -0.2) is 0 Å². The molecule has 0 amide bonds. The first-order valence-electron chi connectivity index (χ1n) is 6.75. The van der Waals surface area contributed by atoms with Gasteiger partial charge in [-0.15, -0.1) is 0 Å². The first-order valence-corrected chi connectivity index (χ1v) is 7.13. The monoisotopic (exact) mass is 316 g/mol. The first-order chi connectivity index (χ1) is 10.2. The predicted molar refractivity (Wildman–Crippen MR) is 80.6 cm³/mol. The molecule has 0 unspecified atom stereocenters. The Balaban J connectivity index is 2.63. The molecule has 6 heteroatoms. The third-order valence-electron chi connectivity index (χ3n) is 2.63. The summed E-state index contributed by atoms with van der Waals surface area (Å²) in [5, 5.41) is -0.543. The lowest BCUT2D eigenvalue weighted by molar-refractivity contribution is 0.108. The molecular weight excluding hydrogens is 296 g/mol. The summed E-state index contributed by atoms with van der Waals surface area (Å²) in [6.07, 6.45) is 1.53. The molecule has 0 saturated heterocycles. The maximum Gasteiger partial charge on any atom is 0.252 e. The molecule has 1 rings (SSSR count). The van der Waals surface area contributed by atoms with Gasteiger partial charge in [-0.2, -0.15) is 0 Å². The third kappa shape index (κ3) is 7.32. The smallest absolute Gasteiger partial charge is 0.252 e. The lowest BCUT2D eigenvalue weighted by atomic mass is 10.2. The highest BCUT2D eigenvalue weighted by Gasteiger charge is 2.08. The van der Waals surface area contributed by atoms with Crippen LogP contribution >= 0.6 is 11.6 Å². The van der Waals surface area contributed by atoms with E-state index in [1.54, 1.807) is 32.4 Å². The zero-order valence-electron chi connectivity index (χ0n) is 12.4. The highest BCUT2D eigenvalue weighted by molar-refractivity contribution is 6.67. The maximum absolute atomic E-state index is 11.3. The molecule has 21 heavy (non-hydrogen) atoms. The van der Waals surface area contributed by atoms with Gasteiger partial charge in [-0.1, -0.05) is 0 Å². The van der Waals surface area contributed by atoms with Crippen LogP contribution in [0.25, 0.3) is 0 Å². The van der Waals surface area contributed by atoms with E-state index in [1.807, 2.05) is 0 Å². The summed E-state index contributed by atoms with van der Waals surface area (Å²) in [5.74, 6) is 1.11. The van der Waals surface area contributed by atoms with E-state index < -0.39 is 5.24 Å². The fourth-order valence-corrected chi connectivity index (χ4v) is 1.75. The Morgan fingerprint density at radius 3 is 1.76 bits per heavy atom. The lowest BCUT2D eigenvalue weighted by Crippen LogP contribution is -2.04. The van der Waals surface area contributed by atoms with Crippen LogP contribution in [0.2, 0.25) is 0 Å². The summed E-state index contributed by atoms with van der Waals surface area (Å²) in [7, 11) is 3.28. The molecule has 0 aliphatic heterocycles. The Hall–Kier alpha value is -1.30. The van der Waals surface area contributed by atoms with Crippen molar-refractivity contribution in [3.05, 3.63) is 23.8 Å². The predicted octanol–water partition coefficient (Wildman–Crippen LogP) is 2.90. The number of rotatable bonds is 11. The summed E-state index contributed by atoms with van der Waals surface area (Å²) < 4.78 is 21.0. The van der Waals surface area contributed by atoms with Crippen molar-refractivity contribution in [2.45, 2.75) is 12.8 Å². The average Bonchev–Trinajstić information content (AvgIpc) is 2.48. The summed E-state index contributed by atoms with van der Waals surface area (Å²) >= 11 is 5.52. The van der Waals surface area contributed by atoms with Crippen molar-refractivity contribution >= 4 is 16.8 Å². The van der Waals surface area contributed by atoms with Gasteiger partial charge in [0.25, 0.3) is 5.24 Å². The highest BCUT2D eigenvalue weighted by atomic mass is 35.5. The van der Waals surface area contributed by atoms with Crippen LogP contribution in [0.15, 0.2) is 18.2 Å². The molecule has 0 N–H and O–H groups in total. The Morgan fingerprint density at radius 1 is 0.905 bits per heavy atom. The molecule has 1 aromatic carbocycles. The summed E-state index contributed by atoms with van der Waals surface area (Å²) in [6, 6.07) is 4.94. The van der Waals surface area contributed by atoms with E-state index in [0.717, 1.165) is 12.8 Å². The molecule has 5 nitrogen and oxygen atoms in total. The van der Waals surface area contributed by atoms with Crippen LogP contribution in [0.1, 0.15) is 23.2 Å². The molecule has 0 bridgehead atoms. The molecule has 0 saturated carbocycles. The van der Waals surface area contributed by atoms with Gasteiger partial charge in [-0.3, -0.25) is 4.79 Å². The van der Waals surface area contributed by atoms with Gasteiger partial charge in [0, 0.05) is 51.9 Å². The van der Waals surface area contributed by atoms with E-state index in [-0.39, 0.29) is 0 Å². The maximum atomic E-state index is 11.3. The molecule has 118 valence electrons. The minimum absolute atomic E-state index is 0.350. The minimum atomic E-state index is -0.543. The van der Waals surface area contributed by atoms with E-state index in [0.29, 0.717) is 43.5 Å². The Kier molecular flexibility index (Phi) is 8.82. The quantitative estimate of drug-likeness (QED) is 0.464. The number of carbonyl (C=O) groups is 1. The van der Waals surface area contributed by atoms with Crippen LogP contribution in [0.3, 0.4) is 0 Å². The van der Waals surface area contributed by atoms with Gasteiger partial charge < -0.3 is 18.9 Å². The number of hydrogen-bond acceptors (Lipinski definition) is 5. The molecule has 1 aromatic rings. The van der Waals surface area contributed by atoms with E-state index in [9.17, 15) is 4.79 Å². The fourth-order valence-electron chi connectivity index (χ4n) is 1.64. The average molecular weight is 317 g/mol. The van der Waals surface area contributed by atoms with Crippen molar-refractivity contribution in [2.75, 3.05) is 40.6 Å². The SMILES string of the molecule is COCCCOc1cc(OCCCOC)cc(C(=O)Cl)c1. The van der Waals surface area contributed by atoms with Crippen molar-refractivity contribution in [1.29, 1.82) is 0 Å². The number of halogens is 1. The topological polar surface area (TPSA) is 54.0 Å². The normalized spacial score (nSPS) is 10.4. The second kappa shape index (κ2) is 10.4. The molecule has 0 atom stereocenters. The van der Waals surface area contributed by atoms with E-state index in [2.05, 4.69) is 0 Å².